The molecule has 2 atom stereocenters. The molecule has 1 heterocycles. The van der Waals surface area contributed by atoms with Crippen molar-refractivity contribution in [1.29, 1.82) is 0 Å². The van der Waals surface area contributed by atoms with E-state index in [9.17, 15) is 19.2 Å². The summed E-state index contributed by atoms with van der Waals surface area (Å²) in [6, 6.07) is 14.9. The highest BCUT2D eigenvalue weighted by Gasteiger charge is 2.38. The number of carbonyl (C=O) groups excluding carboxylic acids is 4. The number of amides is 4. The minimum atomic E-state index is -0.725. The zero-order valence-electron chi connectivity index (χ0n) is 30.8. The Morgan fingerprint density at radius 2 is 1.65 bits per heavy atom. The van der Waals surface area contributed by atoms with E-state index in [-0.39, 0.29) is 43.3 Å². The fourth-order valence-corrected chi connectivity index (χ4v) is 7.36. The van der Waals surface area contributed by atoms with E-state index in [4.69, 9.17) is 16.3 Å². The Kier molecular flexibility index (Phi) is 16.3. The second-order valence-electron chi connectivity index (χ2n) is 13.9. The monoisotopic (exact) mass is 720 g/mol. The Morgan fingerprint density at radius 1 is 0.941 bits per heavy atom. The summed E-state index contributed by atoms with van der Waals surface area (Å²) in [6.07, 6.45) is 11.7. The molecular formula is C41H57ClN4O5. The van der Waals surface area contributed by atoms with Crippen LogP contribution in [0.3, 0.4) is 0 Å². The van der Waals surface area contributed by atoms with Crippen LogP contribution < -0.4 is 10.6 Å². The molecule has 278 valence electrons. The summed E-state index contributed by atoms with van der Waals surface area (Å²) >= 11 is 6.15. The molecule has 1 aliphatic heterocycles. The molecule has 4 amide bonds. The molecule has 2 unspecified atom stereocenters. The lowest BCUT2D eigenvalue weighted by atomic mass is 9.82. The van der Waals surface area contributed by atoms with Gasteiger partial charge in [0.2, 0.25) is 11.8 Å². The van der Waals surface area contributed by atoms with Crippen LogP contribution in [0.25, 0.3) is 0 Å². The SMILES string of the molecule is CCCCCCN(C(=O)CCCN1C(=O)NC(c2ccc(Cl)cc2)C(C(=O)OCc2ccccc2)=C1C)C(C(=O)NCCCC)C1CCCCC1. The molecule has 51 heavy (non-hydrogen) atoms. The van der Waals surface area contributed by atoms with Gasteiger partial charge in [-0.25, -0.2) is 9.59 Å². The van der Waals surface area contributed by atoms with Gasteiger partial charge in [0.05, 0.1) is 11.6 Å². The summed E-state index contributed by atoms with van der Waals surface area (Å²) in [7, 11) is 0. The van der Waals surface area contributed by atoms with Crippen LogP contribution in [0.15, 0.2) is 65.9 Å². The van der Waals surface area contributed by atoms with Gasteiger partial charge in [-0.2, -0.15) is 0 Å². The number of hydrogen-bond donors (Lipinski definition) is 2. The van der Waals surface area contributed by atoms with Crippen LogP contribution in [-0.2, 0) is 25.7 Å². The van der Waals surface area contributed by atoms with E-state index in [1.54, 1.807) is 31.2 Å². The molecule has 0 radical (unpaired) electrons. The molecule has 2 aromatic rings. The van der Waals surface area contributed by atoms with Gasteiger partial charge in [-0.15, -0.1) is 0 Å². The quantitative estimate of drug-likeness (QED) is 0.112. The number of ether oxygens (including phenoxy) is 1. The number of halogens is 1. The van der Waals surface area contributed by atoms with Crippen molar-refractivity contribution in [2.24, 2.45) is 5.92 Å². The molecule has 1 saturated carbocycles. The first-order valence-corrected chi connectivity index (χ1v) is 19.4. The predicted octanol–water partition coefficient (Wildman–Crippen LogP) is 8.48. The van der Waals surface area contributed by atoms with Crippen LogP contribution in [0, 0.1) is 5.92 Å². The van der Waals surface area contributed by atoms with Crippen molar-refractivity contribution in [3.63, 3.8) is 0 Å². The van der Waals surface area contributed by atoms with Gasteiger partial charge in [-0.1, -0.05) is 113 Å². The number of carbonyl (C=O) groups is 4. The minimum Gasteiger partial charge on any atom is -0.457 e. The summed E-state index contributed by atoms with van der Waals surface area (Å²) in [5.74, 6) is -0.489. The van der Waals surface area contributed by atoms with Crippen LogP contribution in [0.4, 0.5) is 4.79 Å². The third-order valence-electron chi connectivity index (χ3n) is 10.1. The molecule has 2 N–H and O–H groups in total. The Bertz CT molecular complexity index is 1460. The normalized spacial score (nSPS) is 17.1. The molecule has 1 aliphatic carbocycles. The van der Waals surface area contributed by atoms with E-state index < -0.39 is 18.1 Å². The smallest absolute Gasteiger partial charge is 0.338 e. The number of esters is 1. The van der Waals surface area contributed by atoms with Crippen molar-refractivity contribution in [2.75, 3.05) is 19.6 Å². The van der Waals surface area contributed by atoms with Crippen LogP contribution in [0.1, 0.15) is 121 Å². The molecule has 0 aromatic heterocycles. The third-order valence-corrected chi connectivity index (χ3v) is 10.4. The van der Waals surface area contributed by atoms with Crippen molar-refractivity contribution in [3.05, 3.63) is 82.0 Å². The highest BCUT2D eigenvalue weighted by Crippen LogP contribution is 2.33. The van der Waals surface area contributed by atoms with Crippen molar-refractivity contribution in [1.82, 2.24) is 20.4 Å². The van der Waals surface area contributed by atoms with Crippen molar-refractivity contribution in [2.45, 2.75) is 123 Å². The van der Waals surface area contributed by atoms with Crippen LogP contribution in [0.2, 0.25) is 5.02 Å². The molecule has 4 rings (SSSR count). The maximum atomic E-state index is 14.1. The summed E-state index contributed by atoms with van der Waals surface area (Å²) in [6.45, 7) is 7.49. The summed E-state index contributed by atoms with van der Waals surface area (Å²) < 4.78 is 5.77. The van der Waals surface area contributed by atoms with Gasteiger partial charge < -0.3 is 20.3 Å². The zero-order chi connectivity index (χ0) is 36.6. The van der Waals surface area contributed by atoms with Gasteiger partial charge in [-0.3, -0.25) is 14.5 Å². The molecule has 10 heteroatoms. The lowest BCUT2D eigenvalue weighted by Crippen LogP contribution is -2.54. The Balaban J connectivity index is 1.53. The lowest BCUT2D eigenvalue weighted by molar-refractivity contribution is -0.143. The number of unbranched alkanes of at least 4 members (excludes halogenated alkanes) is 4. The molecule has 1 fully saturated rings. The first kappa shape index (κ1) is 39.9. The Labute approximate surface area is 309 Å². The van der Waals surface area contributed by atoms with Crippen LogP contribution in [0.5, 0.6) is 0 Å². The maximum absolute atomic E-state index is 14.1. The van der Waals surface area contributed by atoms with E-state index in [1.807, 2.05) is 35.2 Å². The van der Waals surface area contributed by atoms with Gasteiger partial charge in [0.25, 0.3) is 0 Å². The summed E-state index contributed by atoms with van der Waals surface area (Å²) in [4.78, 5) is 58.5. The number of allylic oxidation sites excluding steroid dienone is 1. The Morgan fingerprint density at radius 3 is 2.33 bits per heavy atom. The Hall–Kier alpha value is -3.85. The molecule has 2 aromatic carbocycles. The average molecular weight is 721 g/mol. The zero-order valence-corrected chi connectivity index (χ0v) is 31.5. The second-order valence-corrected chi connectivity index (χ2v) is 14.3. The van der Waals surface area contributed by atoms with Gasteiger partial charge >= 0.3 is 12.0 Å². The van der Waals surface area contributed by atoms with E-state index in [0.717, 1.165) is 76.2 Å². The van der Waals surface area contributed by atoms with Gasteiger partial charge in [-0.05, 0) is 68.2 Å². The van der Waals surface area contributed by atoms with Gasteiger partial charge in [0, 0.05) is 36.8 Å². The van der Waals surface area contributed by atoms with E-state index in [2.05, 4.69) is 24.5 Å². The van der Waals surface area contributed by atoms with E-state index in [1.165, 1.54) is 4.90 Å². The van der Waals surface area contributed by atoms with Crippen molar-refractivity contribution >= 4 is 35.4 Å². The van der Waals surface area contributed by atoms with Crippen LogP contribution in [-0.4, -0.2) is 59.3 Å². The number of nitrogens with one attached hydrogen (secondary N) is 2. The lowest BCUT2D eigenvalue weighted by Gasteiger charge is -2.38. The minimum absolute atomic E-state index is 0.0414. The molecule has 0 saturated heterocycles. The van der Waals surface area contributed by atoms with Crippen LogP contribution >= 0.6 is 11.6 Å². The van der Waals surface area contributed by atoms with E-state index >= 15 is 0 Å². The fourth-order valence-electron chi connectivity index (χ4n) is 7.23. The first-order valence-electron chi connectivity index (χ1n) is 19.1. The van der Waals surface area contributed by atoms with E-state index in [0.29, 0.717) is 41.4 Å². The molecular weight excluding hydrogens is 664 g/mol. The maximum Gasteiger partial charge on any atom is 0.338 e. The topological polar surface area (TPSA) is 108 Å². The largest absolute Gasteiger partial charge is 0.457 e. The molecule has 0 bridgehead atoms. The van der Waals surface area contributed by atoms with Gasteiger partial charge in [0.15, 0.2) is 0 Å². The molecule has 0 spiro atoms. The van der Waals surface area contributed by atoms with Crippen molar-refractivity contribution in [3.8, 4) is 0 Å². The highest BCUT2D eigenvalue weighted by molar-refractivity contribution is 6.30. The number of hydrogen-bond acceptors (Lipinski definition) is 5. The van der Waals surface area contributed by atoms with Gasteiger partial charge in [0.1, 0.15) is 12.6 Å². The second kappa shape index (κ2) is 20.9. The number of urea groups is 1. The predicted molar refractivity (Wildman–Crippen MR) is 202 cm³/mol. The standard InChI is InChI=1S/C41H57ClN4O5/c1-4-6-8-15-27-46(38(33-19-13-10-14-20-33)39(48)43-26-7-5-2)35(47)21-16-28-45-30(3)36(40(49)51-29-31-17-11-9-12-18-31)37(44-41(45)50)32-22-24-34(42)25-23-32/h9,11-12,17-18,22-25,33,37-38H,4-8,10,13-16,19-21,26-29H2,1-3H3,(H,43,48)(H,44,50). The molecule has 2 aliphatic rings. The fraction of sp³-hybridized carbons (Fsp3) is 0.561. The average Bonchev–Trinajstić information content (AvgIpc) is 3.14. The number of benzene rings is 2. The van der Waals surface area contributed by atoms with Crippen molar-refractivity contribution < 1.29 is 23.9 Å². The first-order chi connectivity index (χ1) is 24.7. The molecule has 9 nitrogen and oxygen atoms in total. The number of nitrogens with zero attached hydrogens (tertiary/aromatic N) is 2. The number of rotatable bonds is 19. The summed E-state index contributed by atoms with van der Waals surface area (Å²) in [5, 5.41) is 6.69. The summed E-state index contributed by atoms with van der Waals surface area (Å²) in [5.41, 5.74) is 2.37. The highest BCUT2D eigenvalue weighted by atomic mass is 35.5. The third kappa shape index (κ3) is 11.6.